The van der Waals surface area contributed by atoms with Crippen LogP contribution in [0, 0.1) is 0 Å². The van der Waals surface area contributed by atoms with Crippen LogP contribution in [-0.4, -0.2) is 56.2 Å². The molecule has 2 fully saturated rings. The van der Waals surface area contributed by atoms with Crippen molar-refractivity contribution in [3.63, 3.8) is 0 Å². The standard InChI is InChI=1S/C12H23FN2O2S/c13-10-12(14)4-1-6-15(7-5-12)11-2-8-18(16,17)9-3-11/h11H,1-10,14H2. The molecule has 0 aromatic rings. The van der Waals surface area contributed by atoms with E-state index in [1.165, 1.54) is 0 Å². The maximum atomic E-state index is 12.9. The van der Waals surface area contributed by atoms with E-state index in [0.29, 0.717) is 24.0 Å². The highest BCUT2D eigenvalue weighted by atomic mass is 32.2. The van der Waals surface area contributed by atoms with Gasteiger partial charge in [-0.1, -0.05) is 0 Å². The Morgan fingerprint density at radius 3 is 2.50 bits per heavy atom. The van der Waals surface area contributed by atoms with Crippen molar-refractivity contribution in [1.82, 2.24) is 4.90 Å². The lowest BCUT2D eigenvalue weighted by Gasteiger charge is -2.33. The summed E-state index contributed by atoms with van der Waals surface area (Å²) in [4.78, 5) is 2.32. The van der Waals surface area contributed by atoms with Crippen molar-refractivity contribution >= 4 is 9.84 Å². The van der Waals surface area contributed by atoms with Gasteiger partial charge in [0.05, 0.1) is 11.5 Å². The second-order valence-corrected chi connectivity index (χ2v) is 8.07. The summed E-state index contributed by atoms with van der Waals surface area (Å²) < 4.78 is 35.7. The molecule has 2 rings (SSSR count). The van der Waals surface area contributed by atoms with E-state index in [9.17, 15) is 12.8 Å². The average Bonchev–Trinajstić information content (AvgIpc) is 2.53. The Hall–Kier alpha value is -0.200. The zero-order valence-corrected chi connectivity index (χ0v) is 11.6. The van der Waals surface area contributed by atoms with Gasteiger partial charge in [-0.25, -0.2) is 12.8 Å². The molecule has 2 aliphatic heterocycles. The van der Waals surface area contributed by atoms with Crippen molar-refractivity contribution in [3.05, 3.63) is 0 Å². The van der Waals surface area contributed by atoms with E-state index in [-0.39, 0.29) is 0 Å². The van der Waals surface area contributed by atoms with E-state index in [4.69, 9.17) is 5.73 Å². The molecule has 18 heavy (non-hydrogen) atoms. The number of nitrogens with zero attached hydrogens (tertiary/aromatic N) is 1. The second kappa shape index (κ2) is 5.43. The number of rotatable bonds is 2. The van der Waals surface area contributed by atoms with Crippen molar-refractivity contribution in [1.29, 1.82) is 0 Å². The zero-order chi connectivity index (χ0) is 13.2. The van der Waals surface area contributed by atoms with E-state index in [2.05, 4.69) is 4.90 Å². The summed E-state index contributed by atoms with van der Waals surface area (Å²) in [7, 11) is -2.80. The van der Waals surface area contributed by atoms with Crippen LogP contribution in [0.3, 0.4) is 0 Å². The minimum absolute atomic E-state index is 0.297. The van der Waals surface area contributed by atoms with E-state index >= 15 is 0 Å². The van der Waals surface area contributed by atoms with Crippen molar-refractivity contribution in [2.24, 2.45) is 5.73 Å². The Morgan fingerprint density at radius 2 is 1.89 bits per heavy atom. The molecule has 0 amide bonds. The molecule has 106 valence electrons. The Labute approximate surface area is 109 Å². The van der Waals surface area contributed by atoms with Crippen LogP contribution in [0.25, 0.3) is 0 Å². The first kappa shape index (κ1) is 14.2. The van der Waals surface area contributed by atoms with Crippen LogP contribution in [0.5, 0.6) is 0 Å². The highest BCUT2D eigenvalue weighted by Crippen LogP contribution is 2.25. The van der Waals surface area contributed by atoms with Crippen molar-refractivity contribution in [2.75, 3.05) is 31.3 Å². The fourth-order valence-electron chi connectivity index (χ4n) is 2.98. The van der Waals surface area contributed by atoms with E-state index in [0.717, 1.165) is 38.8 Å². The molecule has 6 heteroatoms. The van der Waals surface area contributed by atoms with Gasteiger partial charge in [0.25, 0.3) is 0 Å². The van der Waals surface area contributed by atoms with Gasteiger partial charge >= 0.3 is 0 Å². The van der Waals surface area contributed by atoms with E-state index < -0.39 is 22.1 Å². The lowest BCUT2D eigenvalue weighted by Crippen LogP contribution is -2.45. The van der Waals surface area contributed by atoms with Gasteiger partial charge in [0.2, 0.25) is 0 Å². The van der Waals surface area contributed by atoms with Crippen molar-refractivity contribution in [2.45, 2.75) is 43.7 Å². The first-order valence-electron chi connectivity index (χ1n) is 6.73. The number of sulfone groups is 1. The molecule has 2 aliphatic rings. The average molecular weight is 278 g/mol. The predicted octanol–water partition coefficient (Wildman–Crippen LogP) is 0.716. The largest absolute Gasteiger partial charge is 0.323 e. The van der Waals surface area contributed by atoms with E-state index in [1.54, 1.807) is 0 Å². The molecule has 0 aliphatic carbocycles. The summed E-state index contributed by atoms with van der Waals surface area (Å²) in [5.74, 6) is 0.593. The molecular formula is C12H23FN2O2S. The lowest BCUT2D eigenvalue weighted by atomic mass is 9.94. The van der Waals surface area contributed by atoms with Gasteiger partial charge in [0, 0.05) is 18.1 Å². The lowest BCUT2D eigenvalue weighted by molar-refractivity contribution is 0.183. The number of hydrogen-bond acceptors (Lipinski definition) is 4. The number of halogens is 1. The normalized spacial score (nSPS) is 35.2. The zero-order valence-electron chi connectivity index (χ0n) is 10.8. The van der Waals surface area contributed by atoms with Crippen LogP contribution < -0.4 is 5.73 Å². The number of likely N-dealkylation sites (tertiary alicyclic amines) is 1. The fourth-order valence-corrected chi connectivity index (χ4v) is 4.45. The number of nitrogens with two attached hydrogens (primary N) is 1. The molecule has 0 saturated carbocycles. The molecule has 0 radical (unpaired) electrons. The van der Waals surface area contributed by atoms with Crippen LogP contribution in [0.1, 0.15) is 32.1 Å². The molecular weight excluding hydrogens is 255 g/mol. The van der Waals surface area contributed by atoms with Crippen LogP contribution in [-0.2, 0) is 9.84 Å². The molecule has 2 heterocycles. The molecule has 1 atom stereocenters. The third-order valence-corrected chi connectivity index (χ3v) is 6.04. The number of alkyl halides is 1. The highest BCUT2D eigenvalue weighted by Gasteiger charge is 2.33. The van der Waals surface area contributed by atoms with Crippen LogP contribution in [0.4, 0.5) is 4.39 Å². The molecule has 0 aromatic heterocycles. The summed E-state index contributed by atoms with van der Waals surface area (Å²) in [6.45, 7) is 1.26. The minimum atomic E-state index is -2.80. The van der Waals surface area contributed by atoms with Gasteiger partial charge < -0.3 is 10.6 Å². The predicted molar refractivity (Wildman–Crippen MR) is 70.0 cm³/mol. The molecule has 0 aromatic carbocycles. The van der Waals surface area contributed by atoms with Gasteiger partial charge in [-0.2, -0.15) is 0 Å². The molecule has 1 unspecified atom stereocenters. The molecule has 0 spiro atoms. The SMILES string of the molecule is NC1(CF)CCCN(C2CCS(=O)(=O)CC2)CC1. The van der Waals surface area contributed by atoms with Gasteiger partial charge in [0.1, 0.15) is 16.5 Å². The Bertz CT molecular complexity index is 374. The molecule has 4 nitrogen and oxygen atoms in total. The minimum Gasteiger partial charge on any atom is -0.323 e. The summed E-state index contributed by atoms with van der Waals surface area (Å²) in [6.07, 6.45) is 3.74. The Balaban J connectivity index is 1.91. The maximum absolute atomic E-state index is 12.9. The third-order valence-electron chi connectivity index (χ3n) is 4.32. The third kappa shape index (κ3) is 3.42. The first-order valence-corrected chi connectivity index (χ1v) is 8.56. The van der Waals surface area contributed by atoms with Gasteiger partial charge in [-0.15, -0.1) is 0 Å². The highest BCUT2D eigenvalue weighted by molar-refractivity contribution is 7.91. The number of hydrogen-bond donors (Lipinski definition) is 1. The Morgan fingerprint density at radius 1 is 1.22 bits per heavy atom. The monoisotopic (exact) mass is 278 g/mol. The van der Waals surface area contributed by atoms with Crippen molar-refractivity contribution < 1.29 is 12.8 Å². The van der Waals surface area contributed by atoms with Crippen LogP contribution in [0.2, 0.25) is 0 Å². The summed E-state index contributed by atoms with van der Waals surface area (Å²) in [5.41, 5.74) is 5.34. The van der Waals surface area contributed by atoms with Crippen molar-refractivity contribution in [3.8, 4) is 0 Å². The van der Waals surface area contributed by atoms with E-state index in [1.807, 2.05) is 0 Å². The topological polar surface area (TPSA) is 63.4 Å². The van der Waals surface area contributed by atoms with Gasteiger partial charge in [-0.05, 0) is 38.6 Å². The Kier molecular flexibility index (Phi) is 4.29. The molecule has 2 N–H and O–H groups in total. The van der Waals surface area contributed by atoms with Gasteiger partial charge in [0.15, 0.2) is 0 Å². The van der Waals surface area contributed by atoms with Crippen LogP contribution >= 0.6 is 0 Å². The fraction of sp³-hybridized carbons (Fsp3) is 1.00. The molecule has 0 bridgehead atoms. The van der Waals surface area contributed by atoms with Crippen LogP contribution in [0.15, 0.2) is 0 Å². The maximum Gasteiger partial charge on any atom is 0.150 e. The smallest absolute Gasteiger partial charge is 0.150 e. The summed E-state index contributed by atoms with van der Waals surface area (Å²) in [6, 6.07) is 0.343. The van der Waals surface area contributed by atoms with Gasteiger partial charge in [-0.3, -0.25) is 0 Å². The summed E-state index contributed by atoms with van der Waals surface area (Å²) >= 11 is 0. The summed E-state index contributed by atoms with van der Waals surface area (Å²) in [5, 5.41) is 0. The first-order chi connectivity index (χ1) is 8.44. The molecule has 2 saturated heterocycles. The second-order valence-electron chi connectivity index (χ2n) is 5.77. The quantitative estimate of drug-likeness (QED) is 0.808.